The minimum Gasteiger partial charge on any atom is -0.462 e. The Bertz CT molecular complexity index is 1130. The first-order valence-corrected chi connectivity index (χ1v) is 9.38. The minimum absolute atomic E-state index is 0.100. The van der Waals surface area contributed by atoms with Crippen LogP contribution in [-0.4, -0.2) is 22.5 Å². The third kappa shape index (κ3) is 4.42. The van der Waals surface area contributed by atoms with Gasteiger partial charge in [0.25, 0.3) is 5.69 Å². The summed E-state index contributed by atoms with van der Waals surface area (Å²) < 4.78 is 5.00. The predicted molar refractivity (Wildman–Crippen MR) is 112 cm³/mol. The highest BCUT2D eigenvalue weighted by molar-refractivity contribution is 6.30. The zero-order valence-electron chi connectivity index (χ0n) is 15.9. The fraction of sp³-hybridized carbons (Fsp3) is 0.143. The Morgan fingerprint density at radius 3 is 2.67 bits per heavy atom. The number of rotatable bonds is 7. The Morgan fingerprint density at radius 1 is 1.30 bits per heavy atom. The Balaban J connectivity index is 1.84. The van der Waals surface area contributed by atoms with Crippen molar-refractivity contribution in [1.82, 2.24) is 4.98 Å². The van der Waals surface area contributed by atoms with Crippen molar-refractivity contribution >= 4 is 28.9 Å². The second kappa shape index (κ2) is 9.11. The number of carbonyl (C=O) groups excluding carboxylic acids is 1. The molecule has 0 fully saturated rings. The van der Waals surface area contributed by atoms with Gasteiger partial charge in [-0.2, -0.15) is 5.26 Å². The van der Waals surface area contributed by atoms with E-state index in [9.17, 15) is 20.2 Å². The first-order chi connectivity index (χ1) is 14.4. The molecule has 3 aromatic rings. The SMILES string of the molecule is CCOC(=O)c1cccc([N+](=O)[O-])c1NCc1ccc(-c2cc(Cl)[nH]c2C#N)cc1. The summed E-state index contributed by atoms with van der Waals surface area (Å²) in [6.45, 7) is 2.08. The highest BCUT2D eigenvalue weighted by Crippen LogP contribution is 2.30. The number of nitriles is 1. The maximum absolute atomic E-state index is 12.2. The number of anilines is 1. The van der Waals surface area contributed by atoms with Gasteiger partial charge < -0.3 is 15.0 Å². The average molecular weight is 425 g/mol. The Morgan fingerprint density at radius 2 is 2.03 bits per heavy atom. The summed E-state index contributed by atoms with van der Waals surface area (Å²) in [5.41, 5.74) is 2.67. The molecular weight excluding hydrogens is 408 g/mol. The van der Waals surface area contributed by atoms with Gasteiger partial charge in [-0.05, 0) is 30.2 Å². The van der Waals surface area contributed by atoms with Crippen molar-refractivity contribution in [2.75, 3.05) is 11.9 Å². The molecule has 9 heteroatoms. The molecule has 2 N–H and O–H groups in total. The first-order valence-electron chi connectivity index (χ1n) is 9.01. The van der Waals surface area contributed by atoms with Crippen LogP contribution in [0.1, 0.15) is 28.5 Å². The molecule has 3 rings (SSSR count). The van der Waals surface area contributed by atoms with E-state index in [1.165, 1.54) is 18.2 Å². The standard InChI is InChI=1S/C21H17ClN4O4/c1-2-30-21(27)15-4-3-5-18(26(28)29)20(15)24-12-13-6-8-14(9-7-13)16-10-19(22)25-17(16)11-23/h3-10,24-25H,2,12H2,1H3. The number of nitrogens with one attached hydrogen (secondary N) is 2. The molecular formula is C21H17ClN4O4. The largest absolute Gasteiger partial charge is 0.462 e. The van der Waals surface area contributed by atoms with Crippen LogP contribution in [-0.2, 0) is 11.3 Å². The monoisotopic (exact) mass is 424 g/mol. The third-order valence-electron chi connectivity index (χ3n) is 4.37. The molecule has 0 unspecified atom stereocenters. The van der Waals surface area contributed by atoms with Crippen LogP contribution in [0.2, 0.25) is 5.15 Å². The van der Waals surface area contributed by atoms with Gasteiger partial charge in [-0.1, -0.05) is 41.9 Å². The molecule has 0 aliphatic carbocycles. The van der Waals surface area contributed by atoms with E-state index in [4.69, 9.17) is 16.3 Å². The Hall–Kier alpha value is -3.83. The number of nitro groups is 1. The van der Waals surface area contributed by atoms with Crippen molar-refractivity contribution in [3.8, 4) is 17.2 Å². The van der Waals surface area contributed by atoms with Crippen molar-refractivity contribution in [2.45, 2.75) is 13.5 Å². The summed E-state index contributed by atoms with van der Waals surface area (Å²) in [6.07, 6.45) is 0. The van der Waals surface area contributed by atoms with Gasteiger partial charge in [-0.3, -0.25) is 10.1 Å². The van der Waals surface area contributed by atoms with Gasteiger partial charge in [0.1, 0.15) is 22.6 Å². The fourth-order valence-electron chi connectivity index (χ4n) is 2.99. The van der Waals surface area contributed by atoms with Gasteiger partial charge in [-0.25, -0.2) is 4.79 Å². The minimum atomic E-state index is -0.632. The van der Waals surface area contributed by atoms with Crippen LogP contribution in [0, 0.1) is 21.4 Å². The zero-order chi connectivity index (χ0) is 21.7. The second-order valence-electron chi connectivity index (χ2n) is 6.25. The van der Waals surface area contributed by atoms with E-state index < -0.39 is 10.9 Å². The lowest BCUT2D eigenvalue weighted by atomic mass is 10.0. The van der Waals surface area contributed by atoms with Crippen molar-refractivity contribution in [3.05, 3.63) is 80.6 Å². The molecule has 0 atom stereocenters. The summed E-state index contributed by atoms with van der Waals surface area (Å²) in [7, 11) is 0. The number of aromatic amines is 1. The van der Waals surface area contributed by atoms with Crippen LogP contribution >= 0.6 is 11.6 Å². The second-order valence-corrected chi connectivity index (χ2v) is 6.65. The van der Waals surface area contributed by atoms with Crippen molar-refractivity contribution in [1.29, 1.82) is 5.26 Å². The zero-order valence-corrected chi connectivity index (χ0v) is 16.7. The highest BCUT2D eigenvalue weighted by Gasteiger charge is 2.22. The van der Waals surface area contributed by atoms with Crippen molar-refractivity contribution in [3.63, 3.8) is 0 Å². The van der Waals surface area contributed by atoms with Crippen LogP contribution in [0.15, 0.2) is 48.5 Å². The van der Waals surface area contributed by atoms with E-state index in [0.29, 0.717) is 16.4 Å². The van der Waals surface area contributed by atoms with Gasteiger partial charge in [-0.15, -0.1) is 0 Å². The molecule has 1 aromatic heterocycles. The molecule has 2 aromatic carbocycles. The van der Waals surface area contributed by atoms with E-state index in [-0.39, 0.29) is 30.1 Å². The number of carbonyl (C=O) groups is 1. The third-order valence-corrected chi connectivity index (χ3v) is 4.57. The van der Waals surface area contributed by atoms with Crippen molar-refractivity contribution in [2.24, 2.45) is 0 Å². The van der Waals surface area contributed by atoms with Gasteiger partial charge in [0.05, 0.1) is 17.1 Å². The number of hydrogen-bond donors (Lipinski definition) is 2. The van der Waals surface area contributed by atoms with Gasteiger partial charge in [0.15, 0.2) is 0 Å². The van der Waals surface area contributed by atoms with Crippen LogP contribution in [0.5, 0.6) is 0 Å². The number of halogens is 1. The molecule has 0 saturated carbocycles. The molecule has 30 heavy (non-hydrogen) atoms. The number of nitro benzene ring substituents is 1. The lowest BCUT2D eigenvalue weighted by Crippen LogP contribution is -2.11. The topological polar surface area (TPSA) is 121 Å². The van der Waals surface area contributed by atoms with E-state index >= 15 is 0 Å². The number of esters is 1. The van der Waals surface area contributed by atoms with Gasteiger partial charge in [0.2, 0.25) is 0 Å². The molecule has 0 spiro atoms. The number of para-hydroxylation sites is 1. The maximum Gasteiger partial charge on any atom is 0.340 e. The van der Waals surface area contributed by atoms with Gasteiger partial charge >= 0.3 is 5.97 Å². The van der Waals surface area contributed by atoms with E-state index in [0.717, 1.165) is 11.1 Å². The smallest absolute Gasteiger partial charge is 0.340 e. The van der Waals surface area contributed by atoms with Crippen LogP contribution < -0.4 is 5.32 Å². The molecule has 152 valence electrons. The fourth-order valence-corrected chi connectivity index (χ4v) is 3.19. The number of hydrogen-bond acceptors (Lipinski definition) is 6. The average Bonchev–Trinajstić information content (AvgIpc) is 3.13. The number of ether oxygens (including phenoxy) is 1. The normalized spacial score (nSPS) is 10.3. The predicted octanol–water partition coefficient (Wildman–Crippen LogP) is 4.90. The summed E-state index contributed by atoms with van der Waals surface area (Å²) in [5, 5.41) is 24.0. The Labute approximate surface area is 177 Å². The molecule has 8 nitrogen and oxygen atoms in total. The maximum atomic E-state index is 12.2. The summed E-state index contributed by atoms with van der Waals surface area (Å²) in [5.74, 6) is -0.632. The van der Waals surface area contributed by atoms with E-state index in [1.807, 2.05) is 24.3 Å². The van der Waals surface area contributed by atoms with E-state index in [2.05, 4.69) is 16.4 Å². The van der Waals surface area contributed by atoms with Gasteiger partial charge in [0, 0.05) is 18.2 Å². The molecule has 0 aliphatic rings. The summed E-state index contributed by atoms with van der Waals surface area (Å²) >= 11 is 5.94. The number of H-pyrrole nitrogens is 1. The Kier molecular flexibility index (Phi) is 6.35. The molecule has 1 heterocycles. The first kappa shape index (κ1) is 20.9. The van der Waals surface area contributed by atoms with Crippen LogP contribution in [0.3, 0.4) is 0 Å². The number of nitrogens with zero attached hydrogens (tertiary/aromatic N) is 2. The molecule has 0 bridgehead atoms. The van der Waals surface area contributed by atoms with E-state index in [1.54, 1.807) is 13.0 Å². The van der Waals surface area contributed by atoms with Crippen LogP contribution in [0.25, 0.3) is 11.1 Å². The molecule has 0 amide bonds. The van der Waals surface area contributed by atoms with Crippen molar-refractivity contribution < 1.29 is 14.5 Å². The number of benzene rings is 2. The number of aromatic nitrogens is 1. The summed E-state index contributed by atoms with van der Waals surface area (Å²) in [6, 6.07) is 15.3. The highest BCUT2D eigenvalue weighted by atomic mass is 35.5. The molecule has 0 radical (unpaired) electrons. The van der Waals surface area contributed by atoms with Crippen LogP contribution in [0.4, 0.5) is 11.4 Å². The summed E-state index contributed by atoms with van der Waals surface area (Å²) in [4.78, 5) is 25.8. The molecule has 0 saturated heterocycles. The quantitative estimate of drug-likeness (QED) is 0.316. The lowest BCUT2D eigenvalue weighted by molar-refractivity contribution is -0.384. The lowest BCUT2D eigenvalue weighted by Gasteiger charge is -2.12. The molecule has 0 aliphatic heterocycles.